The van der Waals surface area contributed by atoms with Crippen LogP contribution in [-0.4, -0.2) is 53.1 Å². The smallest absolute Gasteiger partial charge is 0.412 e. The van der Waals surface area contributed by atoms with Crippen LogP contribution in [0, 0.1) is 0 Å². The Bertz CT molecular complexity index is 1090. The summed E-state index contributed by atoms with van der Waals surface area (Å²) in [6.07, 6.45) is 5.70. The Balaban J connectivity index is 1.24. The third kappa shape index (κ3) is 6.44. The molecule has 0 bridgehead atoms. The maximum atomic E-state index is 12.6. The number of carbonyl (C=O) groups is 1. The van der Waals surface area contributed by atoms with Crippen LogP contribution >= 0.6 is 0 Å². The predicted octanol–water partition coefficient (Wildman–Crippen LogP) is 5.03. The van der Waals surface area contributed by atoms with E-state index in [2.05, 4.69) is 10.2 Å². The molecule has 0 atom stereocenters. The van der Waals surface area contributed by atoms with Crippen molar-refractivity contribution in [2.75, 3.05) is 31.6 Å². The van der Waals surface area contributed by atoms with Gasteiger partial charge in [0.2, 0.25) is 0 Å². The number of hydrogen-bond donors (Lipinski definition) is 1. The molecular weight excluding hydrogens is 456 g/mol. The molecule has 2 aliphatic rings. The van der Waals surface area contributed by atoms with Gasteiger partial charge < -0.3 is 14.2 Å². The van der Waals surface area contributed by atoms with Gasteiger partial charge >= 0.3 is 6.09 Å². The first-order valence-electron chi connectivity index (χ1n) is 12.8. The van der Waals surface area contributed by atoms with Gasteiger partial charge in [-0.1, -0.05) is 60.7 Å². The van der Waals surface area contributed by atoms with Gasteiger partial charge in [-0.2, -0.15) is 0 Å². The van der Waals surface area contributed by atoms with Crippen LogP contribution in [0.4, 0.5) is 10.5 Å². The van der Waals surface area contributed by atoms with Crippen molar-refractivity contribution < 1.29 is 19.0 Å². The van der Waals surface area contributed by atoms with Crippen LogP contribution in [0.2, 0.25) is 0 Å². The quantitative estimate of drug-likeness (QED) is 0.477. The van der Waals surface area contributed by atoms with E-state index in [4.69, 9.17) is 19.3 Å². The molecule has 1 N–H and O–H groups in total. The van der Waals surface area contributed by atoms with Crippen molar-refractivity contribution in [2.24, 2.45) is 0 Å². The van der Waals surface area contributed by atoms with Gasteiger partial charge in [-0.05, 0) is 36.8 Å². The molecule has 1 aliphatic carbocycles. The highest BCUT2D eigenvalue weighted by atomic mass is 16.5. The van der Waals surface area contributed by atoms with Gasteiger partial charge in [-0.25, -0.2) is 4.79 Å². The van der Waals surface area contributed by atoms with Crippen molar-refractivity contribution in [1.29, 1.82) is 0 Å². The van der Waals surface area contributed by atoms with Crippen LogP contribution in [-0.2, 0) is 22.7 Å². The number of nitrogens with zero attached hydrogens (tertiary/aromatic N) is 3. The second-order valence-electron chi connectivity index (χ2n) is 9.40. The molecule has 1 saturated carbocycles. The minimum absolute atomic E-state index is 0.201. The van der Waals surface area contributed by atoms with Crippen LogP contribution in [0.5, 0.6) is 5.88 Å². The number of morpholine rings is 1. The average Bonchev–Trinajstić information content (AvgIpc) is 3.35. The molecule has 8 nitrogen and oxygen atoms in total. The number of nitrogens with one attached hydrogen (secondary N) is 1. The summed E-state index contributed by atoms with van der Waals surface area (Å²) in [7, 11) is 0. The first kappa shape index (κ1) is 24.3. The van der Waals surface area contributed by atoms with Crippen molar-refractivity contribution >= 4 is 11.8 Å². The second kappa shape index (κ2) is 12.1. The molecule has 2 aromatic carbocycles. The maximum Gasteiger partial charge on any atom is 0.412 e. The molecule has 8 heteroatoms. The Kier molecular flexibility index (Phi) is 8.15. The molecular formula is C28H34N4O4. The number of benzene rings is 2. The van der Waals surface area contributed by atoms with E-state index in [1.54, 1.807) is 0 Å². The standard InChI is InChI=1S/C28H34N4O4/c33-28(36-21-23-9-5-2-6-10-23)29-26-19-32(30-27(26)35-20-22-7-3-1-4-8-22)25-13-11-24(12-14-25)31-15-17-34-18-16-31/h1-10,19,24-25H,11-18,20-21H2,(H,29,33). The maximum absolute atomic E-state index is 12.6. The van der Waals surface area contributed by atoms with Gasteiger partial charge in [0, 0.05) is 19.1 Å². The SMILES string of the molecule is O=C(Nc1cn(C2CCC(N3CCOCC3)CC2)nc1OCc1ccccc1)OCc1ccccc1. The summed E-state index contributed by atoms with van der Waals surface area (Å²) in [6.45, 7) is 4.27. The molecule has 0 spiro atoms. The molecule has 190 valence electrons. The van der Waals surface area contributed by atoms with Gasteiger partial charge in [0.1, 0.15) is 18.9 Å². The second-order valence-corrected chi connectivity index (χ2v) is 9.40. The summed E-state index contributed by atoms with van der Waals surface area (Å²) < 4.78 is 19.0. The zero-order chi connectivity index (χ0) is 24.6. The largest absolute Gasteiger partial charge is 0.470 e. The van der Waals surface area contributed by atoms with Crippen LogP contribution < -0.4 is 10.1 Å². The fourth-order valence-corrected chi connectivity index (χ4v) is 4.98. The molecule has 1 aromatic heterocycles. The van der Waals surface area contributed by atoms with Gasteiger partial charge in [0.25, 0.3) is 5.88 Å². The lowest BCUT2D eigenvalue weighted by Gasteiger charge is -2.38. The van der Waals surface area contributed by atoms with Crippen molar-refractivity contribution in [3.8, 4) is 5.88 Å². The van der Waals surface area contributed by atoms with Crippen LogP contribution in [0.1, 0.15) is 42.9 Å². The Hall–Kier alpha value is -3.36. The molecule has 2 heterocycles. The average molecular weight is 491 g/mol. The fraction of sp³-hybridized carbons (Fsp3) is 0.429. The van der Waals surface area contributed by atoms with E-state index in [1.165, 1.54) is 0 Å². The highest BCUT2D eigenvalue weighted by molar-refractivity contribution is 5.86. The fourth-order valence-electron chi connectivity index (χ4n) is 4.98. The number of carbonyl (C=O) groups excluding carboxylic acids is 1. The molecule has 0 radical (unpaired) electrons. The van der Waals surface area contributed by atoms with Gasteiger partial charge in [0.05, 0.1) is 25.5 Å². The zero-order valence-corrected chi connectivity index (χ0v) is 20.6. The van der Waals surface area contributed by atoms with Gasteiger partial charge in [-0.3, -0.25) is 14.9 Å². The van der Waals surface area contributed by atoms with Crippen molar-refractivity contribution in [3.05, 3.63) is 78.0 Å². The summed E-state index contributed by atoms with van der Waals surface area (Å²) in [5.74, 6) is 0.408. The Labute approximate surface area is 212 Å². The number of rotatable bonds is 8. The third-order valence-corrected chi connectivity index (χ3v) is 6.97. The lowest BCUT2D eigenvalue weighted by atomic mass is 9.90. The topological polar surface area (TPSA) is 77.9 Å². The van der Waals surface area contributed by atoms with Crippen molar-refractivity contribution in [1.82, 2.24) is 14.7 Å². The predicted molar refractivity (Wildman–Crippen MR) is 137 cm³/mol. The molecule has 2 fully saturated rings. The lowest BCUT2D eigenvalue weighted by Crippen LogP contribution is -2.45. The Morgan fingerprint density at radius 3 is 2.17 bits per heavy atom. The number of hydrogen-bond acceptors (Lipinski definition) is 6. The Morgan fingerprint density at radius 2 is 1.50 bits per heavy atom. The van der Waals surface area contributed by atoms with E-state index >= 15 is 0 Å². The zero-order valence-electron chi connectivity index (χ0n) is 20.6. The lowest BCUT2D eigenvalue weighted by molar-refractivity contribution is 0.00502. The minimum atomic E-state index is -0.529. The van der Waals surface area contributed by atoms with E-state index < -0.39 is 6.09 Å². The van der Waals surface area contributed by atoms with E-state index in [0.717, 1.165) is 63.1 Å². The van der Waals surface area contributed by atoms with E-state index in [1.807, 2.05) is 71.5 Å². The number of anilines is 1. The van der Waals surface area contributed by atoms with Gasteiger partial charge in [0.15, 0.2) is 0 Å². The van der Waals surface area contributed by atoms with E-state index in [0.29, 0.717) is 24.2 Å². The summed E-state index contributed by atoms with van der Waals surface area (Å²) >= 11 is 0. The van der Waals surface area contributed by atoms with Crippen LogP contribution in [0.15, 0.2) is 66.9 Å². The van der Waals surface area contributed by atoms with E-state index in [9.17, 15) is 4.79 Å². The summed E-state index contributed by atoms with van der Waals surface area (Å²) in [5.41, 5.74) is 2.50. The first-order valence-corrected chi connectivity index (χ1v) is 12.8. The Morgan fingerprint density at radius 1 is 0.889 bits per heavy atom. The summed E-state index contributed by atoms with van der Waals surface area (Å²) in [5, 5.41) is 7.59. The van der Waals surface area contributed by atoms with Crippen LogP contribution in [0.25, 0.3) is 0 Å². The number of amides is 1. The number of ether oxygens (including phenoxy) is 3. The number of aromatic nitrogens is 2. The highest BCUT2D eigenvalue weighted by Crippen LogP contribution is 2.34. The molecule has 36 heavy (non-hydrogen) atoms. The van der Waals surface area contributed by atoms with Crippen molar-refractivity contribution in [2.45, 2.75) is 51.0 Å². The first-order chi connectivity index (χ1) is 17.7. The summed E-state index contributed by atoms with van der Waals surface area (Å²) in [4.78, 5) is 15.1. The molecule has 3 aromatic rings. The van der Waals surface area contributed by atoms with Gasteiger partial charge in [-0.15, -0.1) is 5.10 Å². The highest BCUT2D eigenvalue weighted by Gasteiger charge is 2.29. The third-order valence-electron chi connectivity index (χ3n) is 6.97. The molecule has 1 amide bonds. The van der Waals surface area contributed by atoms with Crippen LogP contribution in [0.3, 0.4) is 0 Å². The summed E-state index contributed by atoms with van der Waals surface area (Å²) in [6, 6.07) is 20.4. The van der Waals surface area contributed by atoms with E-state index in [-0.39, 0.29) is 12.6 Å². The molecule has 0 unspecified atom stereocenters. The molecule has 1 aliphatic heterocycles. The normalized spacial score (nSPS) is 20.6. The van der Waals surface area contributed by atoms with Crippen molar-refractivity contribution in [3.63, 3.8) is 0 Å². The monoisotopic (exact) mass is 490 g/mol. The minimum Gasteiger partial charge on any atom is -0.470 e. The molecule has 1 saturated heterocycles. The molecule has 5 rings (SSSR count).